The largest absolute Gasteiger partial charge is 0.514 e. The molecule has 0 aromatic heterocycles. The first-order valence-corrected chi connectivity index (χ1v) is 32.3. The zero-order valence-corrected chi connectivity index (χ0v) is 60.5. The Morgan fingerprint density at radius 3 is 0.385 bits per heavy atom. The molecule has 0 N–H and O–H groups in total. The van der Waals surface area contributed by atoms with Crippen LogP contribution in [0, 0.1) is 41.5 Å². The molecule has 6 aromatic carbocycles. The highest BCUT2D eigenvalue weighted by molar-refractivity contribution is 5.73. The first-order valence-electron chi connectivity index (χ1n) is 32.3. The van der Waals surface area contributed by atoms with Gasteiger partial charge in [-0.25, -0.2) is 28.8 Å². The fourth-order valence-corrected chi connectivity index (χ4v) is 11.3. The molecule has 96 heavy (non-hydrogen) atoms. The fraction of sp³-hybridized carbons (Fsp3) is 0.462. The number of rotatable bonds is 6. The molecule has 0 fully saturated rings. The third-order valence-electron chi connectivity index (χ3n) is 14.1. The maximum absolute atomic E-state index is 14.2. The molecule has 18 heteroatoms. The third-order valence-corrected chi connectivity index (χ3v) is 14.1. The minimum absolute atomic E-state index is 0.0213. The average Bonchev–Trinajstić information content (AvgIpc) is 0.787. The molecule has 0 amide bonds. The molecule has 12 bridgehead atoms. The zero-order valence-electron chi connectivity index (χ0n) is 60.5. The van der Waals surface area contributed by atoms with E-state index in [2.05, 4.69) is 0 Å². The molecule has 0 saturated heterocycles. The molecular weight excluding hydrogens is 1220 g/mol. The van der Waals surface area contributed by atoms with E-state index >= 15 is 0 Å². The van der Waals surface area contributed by atoms with E-state index in [9.17, 15) is 28.8 Å². The number of carbonyl (C=O) groups excluding carboxylic acids is 6. The summed E-state index contributed by atoms with van der Waals surface area (Å²) in [6, 6.07) is 22.4. The molecule has 0 saturated carbocycles. The van der Waals surface area contributed by atoms with Gasteiger partial charge in [-0.3, -0.25) is 0 Å². The van der Waals surface area contributed by atoms with Crippen molar-refractivity contribution in [3.05, 3.63) is 173 Å². The summed E-state index contributed by atoms with van der Waals surface area (Å²) in [7, 11) is 0. The van der Waals surface area contributed by atoms with E-state index in [-0.39, 0.29) is 73.0 Å². The topological polar surface area (TPSA) is 213 Å². The summed E-state index contributed by atoms with van der Waals surface area (Å²) in [5.74, 6) is 0.684. The van der Waals surface area contributed by atoms with Gasteiger partial charge < -0.3 is 56.8 Å². The number of carbonyl (C=O) groups is 6. The summed E-state index contributed by atoms with van der Waals surface area (Å²) in [6.45, 7) is 42.4. The quantitative estimate of drug-likeness (QED) is 0.0860. The third kappa shape index (κ3) is 22.0. The van der Waals surface area contributed by atoms with Crippen LogP contribution in [0.4, 0.5) is 28.8 Å². The molecular formula is C78H96O18. The van der Waals surface area contributed by atoms with E-state index in [1.807, 2.05) is 114 Å². The van der Waals surface area contributed by atoms with Crippen LogP contribution in [0.5, 0.6) is 34.5 Å². The molecule has 0 radical (unpaired) electrons. The van der Waals surface area contributed by atoms with Crippen LogP contribution in [0.25, 0.3) is 0 Å². The van der Waals surface area contributed by atoms with Gasteiger partial charge >= 0.3 is 36.9 Å². The van der Waals surface area contributed by atoms with Gasteiger partial charge in [-0.2, -0.15) is 0 Å². The summed E-state index contributed by atoms with van der Waals surface area (Å²) >= 11 is 0. The minimum Gasteiger partial charge on any atom is -0.428 e. The molecule has 1 aliphatic rings. The molecule has 18 nitrogen and oxygen atoms in total. The Hall–Kier alpha value is -9.06. The summed E-state index contributed by atoms with van der Waals surface area (Å²) in [4.78, 5) is 85.5. The van der Waals surface area contributed by atoms with Crippen molar-refractivity contribution in [3.63, 3.8) is 0 Å². The maximum Gasteiger partial charge on any atom is 0.514 e. The van der Waals surface area contributed by atoms with Crippen LogP contribution >= 0.6 is 0 Å². The minimum atomic E-state index is -1.00. The number of fused-ring (bicyclic) bond motifs is 12. The predicted molar refractivity (Wildman–Crippen MR) is 365 cm³/mol. The van der Waals surface area contributed by atoms with E-state index in [0.717, 1.165) is 33.4 Å². The first kappa shape index (κ1) is 74.3. The Morgan fingerprint density at radius 2 is 0.302 bits per heavy atom. The lowest BCUT2D eigenvalue weighted by molar-refractivity contribution is 0.0187. The number of benzene rings is 6. The second kappa shape index (κ2) is 28.7. The smallest absolute Gasteiger partial charge is 0.428 e. The lowest BCUT2D eigenvalue weighted by atomic mass is 9.88. The monoisotopic (exact) mass is 1320 g/mol. The van der Waals surface area contributed by atoms with Crippen LogP contribution in [-0.4, -0.2) is 70.5 Å². The van der Waals surface area contributed by atoms with Gasteiger partial charge in [0.15, 0.2) is 0 Å². The number of hydrogen-bond acceptors (Lipinski definition) is 18. The van der Waals surface area contributed by atoms with E-state index < -0.39 is 70.5 Å². The molecule has 1 aliphatic carbocycles. The second-order valence-corrected chi connectivity index (χ2v) is 30.9. The highest BCUT2D eigenvalue weighted by Gasteiger charge is 2.33. The number of aryl methyl sites for hydroxylation is 6. The number of hydrogen-bond donors (Lipinski definition) is 0. The molecule has 0 atom stereocenters. The van der Waals surface area contributed by atoms with Crippen molar-refractivity contribution >= 4 is 36.9 Å². The van der Waals surface area contributed by atoms with Crippen molar-refractivity contribution in [1.82, 2.24) is 0 Å². The van der Waals surface area contributed by atoms with E-state index in [1.165, 1.54) is 0 Å². The van der Waals surface area contributed by atoms with Crippen molar-refractivity contribution in [2.75, 3.05) is 0 Å². The van der Waals surface area contributed by atoms with Gasteiger partial charge in [0.1, 0.15) is 68.1 Å². The Kier molecular flexibility index (Phi) is 22.2. The lowest BCUT2D eigenvalue weighted by Crippen LogP contribution is -2.27. The summed E-state index contributed by atoms with van der Waals surface area (Å²) in [5, 5.41) is 0. The maximum atomic E-state index is 14.2. The molecule has 0 unspecified atom stereocenters. The molecule has 0 heterocycles. The van der Waals surface area contributed by atoms with Gasteiger partial charge in [-0.1, -0.05) is 106 Å². The Morgan fingerprint density at radius 1 is 0.208 bits per heavy atom. The summed E-state index contributed by atoms with van der Waals surface area (Å²) < 4.78 is 73.5. The molecule has 6 aromatic rings. The van der Waals surface area contributed by atoms with Crippen molar-refractivity contribution in [2.24, 2.45) is 0 Å². The van der Waals surface area contributed by atoms with Crippen LogP contribution in [-0.2, 0) is 66.9 Å². The average molecular weight is 1320 g/mol. The summed E-state index contributed by atoms with van der Waals surface area (Å²) in [5.41, 5.74) is 4.27. The van der Waals surface area contributed by atoms with Gasteiger partial charge in [0.25, 0.3) is 0 Å². The van der Waals surface area contributed by atoms with Crippen molar-refractivity contribution in [2.45, 2.75) is 238 Å². The highest BCUT2D eigenvalue weighted by atomic mass is 16.8. The molecule has 516 valence electrons. The zero-order chi connectivity index (χ0) is 71.5. The predicted octanol–water partition coefficient (Wildman–Crippen LogP) is 19.3. The van der Waals surface area contributed by atoms with Gasteiger partial charge in [0.05, 0.1) is 0 Å². The lowest BCUT2D eigenvalue weighted by Gasteiger charge is -2.25. The fourth-order valence-electron chi connectivity index (χ4n) is 11.3. The van der Waals surface area contributed by atoms with Crippen LogP contribution in [0.3, 0.4) is 0 Å². The van der Waals surface area contributed by atoms with E-state index in [0.29, 0.717) is 66.8 Å². The molecule has 0 aliphatic heterocycles. The highest BCUT2D eigenvalue weighted by Crippen LogP contribution is 2.43. The van der Waals surface area contributed by atoms with Gasteiger partial charge in [0.2, 0.25) is 0 Å². The Bertz CT molecular complexity index is 3170. The second-order valence-electron chi connectivity index (χ2n) is 30.9. The van der Waals surface area contributed by atoms with Gasteiger partial charge in [-0.05, 0) is 166 Å². The van der Waals surface area contributed by atoms with E-state index in [4.69, 9.17) is 56.8 Å². The van der Waals surface area contributed by atoms with Crippen LogP contribution < -0.4 is 28.4 Å². The first-order chi connectivity index (χ1) is 44.1. The van der Waals surface area contributed by atoms with Crippen molar-refractivity contribution < 1.29 is 85.6 Å². The summed E-state index contributed by atoms with van der Waals surface area (Å²) in [6.07, 6.45) is -6.14. The number of ether oxygens (including phenoxy) is 12. The van der Waals surface area contributed by atoms with Gasteiger partial charge in [-0.15, -0.1) is 0 Å². The Labute approximate surface area is 565 Å². The van der Waals surface area contributed by atoms with E-state index in [1.54, 1.807) is 125 Å². The molecule has 0 spiro atoms. The van der Waals surface area contributed by atoms with Crippen molar-refractivity contribution in [1.29, 1.82) is 0 Å². The van der Waals surface area contributed by atoms with Crippen LogP contribution in [0.1, 0.15) is 225 Å². The normalized spacial score (nSPS) is 13.0. The molecule has 7 rings (SSSR count). The SMILES string of the molecule is Cc1cc2c(OC(=O)OC(C)(C)C)c(c1)Cc1cc(C)cc(c1OC(=O)OC(C)(C)C)Cc1cc(C)cc(c1OC(=O)OC(C)(C)C)Cc1cc(C)cc(c1OC(=O)OC(C)(C)C)Cc1cc(C)cc(c1OC(=O)OC(C)(C)C)Cc1cc(C)cc(c1OC(=O)OC(C)(C)C)C2. The van der Waals surface area contributed by atoms with Crippen LogP contribution in [0.15, 0.2) is 72.8 Å². The standard InChI is InChI=1S/C78H96O18/c1-43-25-49-37-51-27-44(2)29-53(62(51)86-68(80)92-74(10,11)12)39-55-31-46(4)33-57(64(55)88-70(82)94-76(16,17)18)41-59-35-48(6)36-60(66(59)90-72(84)96-78(22,23)24)42-58-34-47(5)32-56(65(58)89-71(83)95-77(19,20)21)40-54-30-45(3)28-52(63(54)87-69(81)93-75(13,14)15)38-50(26-43)61(49)85-67(79)91-73(7,8)9/h25-36H,37-42H2,1-24H3. The Balaban J connectivity index is 1.66. The van der Waals surface area contributed by atoms with Crippen LogP contribution in [0.2, 0.25) is 0 Å². The van der Waals surface area contributed by atoms with Gasteiger partial charge in [0, 0.05) is 105 Å². The van der Waals surface area contributed by atoms with Crippen molar-refractivity contribution in [3.8, 4) is 34.5 Å².